The Kier molecular flexibility index (Phi) is 3.71. The number of rotatable bonds is 4. The third-order valence-electron chi connectivity index (χ3n) is 6.38. The predicted octanol–water partition coefficient (Wildman–Crippen LogP) is 2.88. The van der Waals surface area contributed by atoms with Gasteiger partial charge in [0.1, 0.15) is 0 Å². The first-order valence-electron chi connectivity index (χ1n) is 9.10. The van der Waals surface area contributed by atoms with Crippen LogP contribution in [0.1, 0.15) is 44.0 Å². The summed E-state index contributed by atoms with van der Waals surface area (Å²) in [6.07, 6.45) is 2.10. The number of likely N-dealkylation sites (tertiary alicyclic amines) is 1. The van der Waals surface area contributed by atoms with Gasteiger partial charge in [0.2, 0.25) is 5.75 Å². The molecule has 4 aliphatic rings. The summed E-state index contributed by atoms with van der Waals surface area (Å²) in [7, 11) is 4.67. The van der Waals surface area contributed by atoms with Crippen LogP contribution >= 0.6 is 0 Å². The molecule has 1 saturated carbocycles. The summed E-state index contributed by atoms with van der Waals surface area (Å²) in [6.45, 7) is 6.43. The van der Waals surface area contributed by atoms with E-state index in [1.807, 2.05) is 4.90 Å². The fourth-order valence-electron chi connectivity index (χ4n) is 5.24. The van der Waals surface area contributed by atoms with Crippen molar-refractivity contribution in [2.75, 3.05) is 21.3 Å². The Balaban J connectivity index is 1.68. The van der Waals surface area contributed by atoms with E-state index in [1.54, 1.807) is 33.5 Å². The van der Waals surface area contributed by atoms with E-state index >= 15 is 0 Å². The fourth-order valence-corrected chi connectivity index (χ4v) is 5.24. The number of ether oxygens (including phenoxy) is 4. The lowest BCUT2D eigenvalue weighted by Gasteiger charge is -2.51. The standard InChI is InChI=1S/C20H27NO5/c1-19(2)12-7-8-20(3,26-19)17-15(12)21(17)18(22)11-9-13(23-4)16(25-6)14(10-11)24-5/h9-10,12,15,17H,7-8H2,1-6H3/t12-,15-,17+,20+,21?/m1/s1. The number of carbonyl (C=O) groups excluding carboxylic acids is 1. The first-order valence-corrected chi connectivity index (χ1v) is 9.10. The van der Waals surface area contributed by atoms with E-state index in [-0.39, 0.29) is 29.2 Å². The molecule has 4 fully saturated rings. The van der Waals surface area contributed by atoms with Crippen LogP contribution in [0.2, 0.25) is 0 Å². The quantitative estimate of drug-likeness (QED) is 0.772. The lowest BCUT2D eigenvalue weighted by atomic mass is 9.69. The monoisotopic (exact) mass is 361 g/mol. The molecule has 142 valence electrons. The third kappa shape index (κ3) is 2.24. The average Bonchev–Trinajstić information content (AvgIpc) is 3.36. The summed E-state index contributed by atoms with van der Waals surface area (Å²) in [6, 6.07) is 3.86. The number of amides is 1. The van der Waals surface area contributed by atoms with Crippen LogP contribution in [0.5, 0.6) is 17.2 Å². The molecule has 0 aromatic heterocycles. The van der Waals surface area contributed by atoms with Crippen LogP contribution in [0, 0.1) is 5.92 Å². The van der Waals surface area contributed by atoms with Crippen LogP contribution in [0.3, 0.4) is 0 Å². The Bertz CT molecular complexity index is 736. The van der Waals surface area contributed by atoms with Crippen LogP contribution < -0.4 is 14.2 Å². The van der Waals surface area contributed by atoms with Crippen molar-refractivity contribution in [3.8, 4) is 17.2 Å². The molecule has 1 aliphatic carbocycles. The number of methoxy groups -OCH3 is 3. The maximum absolute atomic E-state index is 13.3. The number of carbonyl (C=O) groups is 1. The minimum atomic E-state index is -0.265. The predicted molar refractivity (Wildman–Crippen MR) is 96.1 cm³/mol. The molecule has 0 N–H and O–H groups in total. The second kappa shape index (κ2) is 5.52. The smallest absolute Gasteiger partial charge is 0.254 e. The average molecular weight is 361 g/mol. The summed E-state index contributed by atoms with van der Waals surface area (Å²) >= 11 is 0. The molecule has 3 heterocycles. The second-order valence-electron chi connectivity index (χ2n) is 8.23. The van der Waals surface area contributed by atoms with Gasteiger partial charge in [-0.05, 0) is 45.7 Å². The van der Waals surface area contributed by atoms with Gasteiger partial charge in [-0.2, -0.15) is 0 Å². The molecule has 0 unspecified atom stereocenters. The Labute approximate surface area is 154 Å². The summed E-state index contributed by atoms with van der Waals surface area (Å²) in [5.41, 5.74) is 0.0900. The maximum Gasteiger partial charge on any atom is 0.254 e. The van der Waals surface area contributed by atoms with Gasteiger partial charge in [-0.25, -0.2) is 0 Å². The van der Waals surface area contributed by atoms with Crippen molar-refractivity contribution in [3.05, 3.63) is 17.7 Å². The molecule has 26 heavy (non-hydrogen) atoms. The van der Waals surface area contributed by atoms with E-state index in [0.717, 1.165) is 12.8 Å². The maximum atomic E-state index is 13.3. The zero-order chi connectivity index (χ0) is 18.9. The Morgan fingerprint density at radius 2 is 1.73 bits per heavy atom. The lowest BCUT2D eigenvalue weighted by molar-refractivity contribution is -0.214. The van der Waals surface area contributed by atoms with E-state index in [4.69, 9.17) is 18.9 Å². The molecular weight excluding hydrogens is 334 g/mol. The normalized spacial score (nSPS) is 33.5. The van der Waals surface area contributed by atoms with Crippen LogP contribution in [0.25, 0.3) is 0 Å². The summed E-state index contributed by atoms with van der Waals surface area (Å²) in [5, 5.41) is 0. The highest BCUT2D eigenvalue weighted by Gasteiger charge is 2.72. The van der Waals surface area contributed by atoms with Gasteiger partial charge in [-0.15, -0.1) is 0 Å². The first kappa shape index (κ1) is 17.5. The molecule has 1 aromatic rings. The van der Waals surface area contributed by atoms with E-state index in [0.29, 0.717) is 28.7 Å². The van der Waals surface area contributed by atoms with Gasteiger partial charge < -0.3 is 23.8 Å². The number of benzene rings is 1. The highest BCUT2D eigenvalue weighted by Crippen LogP contribution is 2.60. The van der Waals surface area contributed by atoms with Gasteiger partial charge in [0.15, 0.2) is 11.5 Å². The zero-order valence-corrected chi connectivity index (χ0v) is 16.3. The number of hydrogen-bond acceptors (Lipinski definition) is 5. The van der Waals surface area contributed by atoms with Crippen molar-refractivity contribution < 1.29 is 23.7 Å². The fraction of sp³-hybridized carbons (Fsp3) is 0.650. The number of hydrogen-bond donors (Lipinski definition) is 0. The summed E-state index contributed by atoms with van der Waals surface area (Å²) < 4.78 is 22.5. The van der Waals surface area contributed by atoms with E-state index < -0.39 is 0 Å². The summed E-state index contributed by atoms with van der Waals surface area (Å²) in [4.78, 5) is 15.3. The molecule has 3 saturated heterocycles. The molecule has 1 aromatic carbocycles. The third-order valence-corrected chi connectivity index (χ3v) is 6.38. The van der Waals surface area contributed by atoms with Crippen molar-refractivity contribution in [3.63, 3.8) is 0 Å². The minimum Gasteiger partial charge on any atom is -0.493 e. The van der Waals surface area contributed by atoms with Crippen molar-refractivity contribution in [2.24, 2.45) is 5.92 Å². The molecule has 5 rings (SSSR count). The van der Waals surface area contributed by atoms with E-state index in [9.17, 15) is 4.79 Å². The first-order chi connectivity index (χ1) is 12.3. The van der Waals surface area contributed by atoms with Gasteiger partial charge >= 0.3 is 0 Å². The molecule has 4 atom stereocenters. The van der Waals surface area contributed by atoms with Crippen LogP contribution in [0.15, 0.2) is 12.1 Å². The highest BCUT2D eigenvalue weighted by atomic mass is 16.5. The Morgan fingerprint density at radius 1 is 1.12 bits per heavy atom. The molecule has 6 nitrogen and oxygen atoms in total. The van der Waals surface area contributed by atoms with Crippen molar-refractivity contribution in [1.29, 1.82) is 0 Å². The van der Waals surface area contributed by atoms with Gasteiger partial charge in [0.25, 0.3) is 5.91 Å². The van der Waals surface area contributed by atoms with Crippen LogP contribution in [0.4, 0.5) is 0 Å². The second-order valence-corrected chi connectivity index (χ2v) is 8.23. The lowest BCUT2D eigenvalue weighted by Crippen LogP contribution is -2.58. The van der Waals surface area contributed by atoms with Crippen molar-refractivity contribution in [2.45, 2.75) is 56.9 Å². The Hall–Kier alpha value is -1.95. The molecule has 0 spiro atoms. The van der Waals surface area contributed by atoms with Gasteiger partial charge in [-0.1, -0.05) is 0 Å². The summed E-state index contributed by atoms with van der Waals surface area (Å²) in [5.74, 6) is 1.85. The van der Waals surface area contributed by atoms with Crippen LogP contribution in [-0.2, 0) is 4.74 Å². The van der Waals surface area contributed by atoms with Crippen LogP contribution in [-0.4, -0.2) is 55.4 Å². The largest absolute Gasteiger partial charge is 0.493 e. The molecule has 0 radical (unpaired) electrons. The molecule has 2 bridgehead atoms. The van der Waals surface area contributed by atoms with Gasteiger partial charge in [0, 0.05) is 11.5 Å². The molecule has 3 aliphatic heterocycles. The van der Waals surface area contributed by atoms with Crippen molar-refractivity contribution in [1.82, 2.24) is 4.90 Å². The van der Waals surface area contributed by atoms with Gasteiger partial charge in [-0.3, -0.25) is 4.79 Å². The van der Waals surface area contributed by atoms with E-state index in [1.165, 1.54) is 0 Å². The molecule has 6 heteroatoms. The number of nitrogens with zero attached hydrogens (tertiary/aromatic N) is 1. The van der Waals surface area contributed by atoms with Crippen molar-refractivity contribution >= 4 is 5.91 Å². The van der Waals surface area contributed by atoms with Gasteiger partial charge in [0.05, 0.1) is 44.6 Å². The SMILES string of the molecule is COc1cc(C(=O)N2[C@@H]3[C@H]4CC[C@](C)(OC4(C)C)[C@H]32)cc(OC)c1OC. The topological polar surface area (TPSA) is 57.0 Å². The minimum absolute atomic E-state index is 0.00122. The molecular formula is C20H27NO5. The van der Waals surface area contributed by atoms with E-state index in [2.05, 4.69) is 20.8 Å². The highest BCUT2D eigenvalue weighted by molar-refractivity contribution is 5.98. The zero-order valence-electron chi connectivity index (χ0n) is 16.3. The number of fused-ring (bicyclic) bond motifs is 2. The Morgan fingerprint density at radius 3 is 2.23 bits per heavy atom. The molecule has 1 amide bonds.